The fourth-order valence-corrected chi connectivity index (χ4v) is 7.48. The summed E-state index contributed by atoms with van der Waals surface area (Å²) in [6.07, 6.45) is 6.23. The Balaban J connectivity index is 0.000000167. The van der Waals surface area contributed by atoms with Crippen LogP contribution in [-0.4, -0.2) is 61.8 Å². The van der Waals surface area contributed by atoms with Crippen LogP contribution in [0.25, 0.3) is 45.3 Å². The highest BCUT2D eigenvalue weighted by Crippen LogP contribution is 2.40. The molecule has 12 nitrogen and oxygen atoms in total. The normalized spacial score (nSPS) is 13.7. The van der Waals surface area contributed by atoms with Crippen molar-refractivity contribution in [2.45, 2.75) is 97.8 Å². The van der Waals surface area contributed by atoms with Crippen molar-refractivity contribution in [3.8, 4) is 45.3 Å². The lowest BCUT2D eigenvalue weighted by molar-refractivity contribution is 0.112. The van der Waals surface area contributed by atoms with Gasteiger partial charge in [-0.25, -0.2) is 28.1 Å². The third kappa shape index (κ3) is 7.05. The van der Waals surface area contributed by atoms with Crippen molar-refractivity contribution < 1.29 is 18.7 Å². The molecule has 54 heavy (non-hydrogen) atoms. The highest BCUT2D eigenvalue weighted by Gasteiger charge is 2.28. The number of nitrogens with zero attached hydrogens (tertiary/aromatic N) is 10. The Hall–Kier alpha value is -5.63. The standard InChI is InChI=1S/C20H22FN5O.C20H20FN5O/c2*1-12(2)18-16(11-27)17(13-6-8-14(21)9-7-13)15-5-3-4-10-26-20(19(15)22-18)23-24-25-26/h6-9,12,27H,3-5,10-11H2,1-2H3;6-9,11-12H,3-5,10H2,1-2H3. The molecule has 0 atom stereocenters. The molecule has 1 N–H and O–H groups in total. The van der Waals surface area contributed by atoms with Crippen molar-refractivity contribution in [2.75, 3.05) is 0 Å². The molecule has 278 valence electrons. The van der Waals surface area contributed by atoms with Crippen molar-refractivity contribution in [2.24, 2.45) is 0 Å². The topological polar surface area (TPSA) is 150 Å². The molecule has 0 radical (unpaired) electrons. The van der Waals surface area contributed by atoms with Gasteiger partial charge in [-0.3, -0.25) is 4.79 Å². The monoisotopic (exact) mass is 732 g/mol. The van der Waals surface area contributed by atoms with E-state index in [1.807, 2.05) is 27.7 Å². The average Bonchev–Trinajstić information content (AvgIpc) is 3.82. The number of aliphatic hydroxyl groups excluding tert-OH is 1. The van der Waals surface area contributed by atoms with Gasteiger partial charge in [0.25, 0.3) is 0 Å². The van der Waals surface area contributed by atoms with Crippen LogP contribution in [0.15, 0.2) is 48.5 Å². The van der Waals surface area contributed by atoms with Crippen LogP contribution >= 0.6 is 0 Å². The maximum atomic E-state index is 13.5. The van der Waals surface area contributed by atoms with Crippen molar-refractivity contribution in [1.29, 1.82) is 0 Å². The molecule has 6 aromatic rings. The van der Waals surface area contributed by atoms with E-state index in [9.17, 15) is 18.7 Å². The number of halogens is 2. The van der Waals surface area contributed by atoms with Gasteiger partial charge in [-0.2, -0.15) is 0 Å². The molecule has 2 aliphatic heterocycles. The van der Waals surface area contributed by atoms with Crippen LogP contribution in [-0.2, 0) is 32.5 Å². The van der Waals surface area contributed by atoms with E-state index in [1.54, 1.807) is 33.6 Å². The van der Waals surface area contributed by atoms with Crippen molar-refractivity contribution >= 4 is 6.29 Å². The second kappa shape index (κ2) is 15.8. The number of carbonyl (C=O) groups excluding carboxylic acids is 1. The number of aliphatic hydroxyl groups is 1. The molecule has 4 aromatic heterocycles. The smallest absolute Gasteiger partial charge is 0.200 e. The molecule has 0 saturated carbocycles. The van der Waals surface area contributed by atoms with Gasteiger partial charge in [0.15, 0.2) is 6.29 Å². The van der Waals surface area contributed by atoms with Gasteiger partial charge in [0.05, 0.1) is 12.3 Å². The molecular formula is C40H42F2N10O2. The first-order valence-corrected chi connectivity index (χ1v) is 18.4. The average molecular weight is 733 g/mol. The number of aldehydes is 1. The second-order valence-electron chi connectivity index (χ2n) is 14.3. The molecule has 8 rings (SSSR count). The molecule has 0 amide bonds. The Kier molecular flexibility index (Phi) is 10.7. The summed E-state index contributed by atoms with van der Waals surface area (Å²) in [5.74, 6) is 0.841. The number of pyridine rings is 2. The fraction of sp³-hybridized carbons (Fsp3) is 0.375. The molecule has 0 saturated heterocycles. The summed E-state index contributed by atoms with van der Waals surface area (Å²) in [5, 5.41) is 34.5. The van der Waals surface area contributed by atoms with E-state index in [2.05, 4.69) is 31.1 Å². The predicted molar refractivity (Wildman–Crippen MR) is 198 cm³/mol. The molecule has 2 aromatic carbocycles. The molecule has 0 aliphatic carbocycles. The van der Waals surface area contributed by atoms with Gasteiger partial charge in [-0.05, 0) is 129 Å². The zero-order chi connectivity index (χ0) is 37.9. The van der Waals surface area contributed by atoms with E-state index in [0.29, 0.717) is 28.6 Å². The van der Waals surface area contributed by atoms with Crippen LogP contribution in [0.3, 0.4) is 0 Å². The first-order valence-electron chi connectivity index (χ1n) is 18.4. The number of hydrogen-bond acceptors (Lipinski definition) is 10. The van der Waals surface area contributed by atoms with Gasteiger partial charge in [-0.15, -0.1) is 10.2 Å². The lowest BCUT2D eigenvalue weighted by atomic mass is 9.87. The quantitative estimate of drug-likeness (QED) is 0.173. The Morgan fingerprint density at radius 1 is 0.685 bits per heavy atom. The number of fused-ring (bicyclic) bond motifs is 6. The Labute approximate surface area is 311 Å². The van der Waals surface area contributed by atoms with E-state index in [1.165, 1.54) is 24.3 Å². The highest BCUT2D eigenvalue weighted by molar-refractivity contribution is 5.93. The lowest BCUT2D eigenvalue weighted by Gasteiger charge is -2.23. The third-order valence-electron chi connectivity index (χ3n) is 10.0. The zero-order valence-corrected chi connectivity index (χ0v) is 30.8. The van der Waals surface area contributed by atoms with Crippen molar-refractivity contribution in [1.82, 2.24) is 50.4 Å². The summed E-state index contributed by atoms with van der Waals surface area (Å²) < 4.78 is 30.6. The zero-order valence-electron chi connectivity index (χ0n) is 30.8. The van der Waals surface area contributed by atoms with Gasteiger partial charge in [0.2, 0.25) is 11.6 Å². The summed E-state index contributed by atoms with van der Waals surface area (Å²) in [5.41, 5.74) is 9.77. The van der Waals surface area contributed by atoms with Gasteiger partial charge in [0, 0.05) is 29.9 Å². The SMILES string of the molecule is CC(C)c1nc2c(c(-c3ccc(F)cc3)c1C=O)CCCCn1nnnc1-2.CC(C)c1nc2c(c(-c3ccc(F)cc3)c1CO)CCCCn1nnnc1-2. The number of rotatable bonds is 6. The van der Waals surface area contributed by atoms with Crippen LogP contribution in [0.1, 0.15) is 104 Å². The number of tetrazole rings is 2. The van der Waals surface area contributed by atoms with Crippen LogP contribution in [0.4, 0.5) is 8.78 Å². The fourth-order valence-electron chi connectivity index (χ4n) is 7.48. The minimum absolute atomic E-state index is 0.0458. The number of carbonyl (C=O) groups is 1. The molecule has 14 heteroatoms. The predicted octanol–water partition coefficient (Wildman–Crippen LogP) is 7.31. The molecule has 2 aliphatic rings. The number of hydrogen-bond donors (Lipinski definition) is 1. The lowest BCUT2D eigenvalue weighted by Crippen LogP contribution is -2.14. The van der Waals surface area contributed by atoms with Crippen LogP contribution < -0.4 is 0 Å². The summed E-state index contributed by atoms with van der Waals surface area (Å²) in [6, 6.07) is 12.7. The van der Waals surface area contributed by atoms with Crippen LogP contribution in [0.5, 0.6) is 0 Å². The molecular weight excluding hydrogens is 691 g/mol. The number of aromatic nitrogens is 10. The molecule has 0 unspecified atom stereocenters. The minimum atomic E-state index is -0.309. The first kappa shape index (κ1) is 36.7. The maximum Gasteiger partial charge on any atom is 0.200 e. The van der Waals surface area contributed by atoms with Crippen molar-refractivity contribution in [3.05, 3.63) is 93.8 Å². The third-order valence-corrected chi connectivity index (χ3v) is 10.0. The van der Waals surface area contributed by atoms with Gasteiger partial charge in [0.1, 0.15) is 23.0 Å². The summed E-state index contributed by atoms with van der Waals surface area (Å²) in [4.78, 5) is 21.8. The Morgan fingerprint density at radius 2 is 1.15 bits per heavy atom. The molecule has 0 fully saturated rings. The van der Waals surface area contributed by atoms with Gasteiger partial charge >= 0.3 is 0 Å². The van der Waals surface area contributed by atoms with E-state index >= 15 is 0 Å². The van der Waals surface area contributed by atoms with Crippen LogP contribution in [0, 0.1) is 11.6 Å². The summed E-state index contributed by atoms with van der Waals surface area (Å²) in [6.45, 7) is 9.48. The van der Waals surface area contributed by atoms with Crippen molar-refractivity contribution in [3.63, 3.8) is 0 Å². The molecule has 0 bridgehead atoms. The second-order valence-corrected chi connectivity index (χ2v) is 14.3. The number of benzene rings is 2. The van der Waals surface area contributed by atoms with E-state index < -0.39 is 0 Å². The Morgan fingerprint density at radius 3 is 1.61 bits per heavy atom. The van der Waals surface area contributed by atoms with Gasteiger partial charge in [-0.1, -0.05) is 52.0 Å². The minimum Gasteiger partial charge on any atom is -0.392 e. The number of aryl methyl sites for hydroxylation is 2. The summed E-state index contributed by atoms with van der Waals surface area (Å²) in [7, 11) is 0. The van der Waals surface area contributed by atoms with E-state index in [4.69, 9.17) is 9.97 Å². The van der Waals surface area contributed by atoms with E-state index in [0.717, 1.165) is 108 Å². The molecule has 0 spiro atoms. The van der Waals surface area contributed by atoms with Crippen LogP contribution in [0.2, 0.25) is 0 Å². The highest BCUT2D eigenvalue weighted by atomic mass is 19.1. The Bertz CT molecular complexity index is 2280. The van der Waals surface area contributed by atoms with Gasteiger partial charge < -0.3 is 5.11 Å². The summed E-state index contributed by atoms with van der Waals surface area (Å²) >= 11 is 0. The maximum absolute atomic E-state index is 13.5. The van der Waals surface area contributed by atoms with E-state index in [-0.39, 0.29) is 30.1 Å². The first-order chi connectivity index (χ1) is 26.2. The largest absolute Gasteiger partial charge is 0.392 e. The molecule has 6 heterocycles.